The first-order valence-electron chi connectivity index (χ1n) is 19.7. The molecule has 0 radical (unpaired) electrons. The molecule has 2 N–H and O–H groups in total. The molecular weight excluding hydrogens is 803 g/mol. The molecule has 14 nitrogen and oxygen atoms in total. The van der Waals surface area contributed by atoms with Gasteiger partial charge in [0, 0.05) is 60.7 Å². The number of hydrogen-bond acceptors (Lipinski definition) is 13. The number of amides is 1. The number of ether oxygens (including phenoxy) is 4. The van der Waals surface area contributed by atoms with Gasteiger partial charge < -0.3 is 34.3 Å². The fourth-order valence-electron chi connectivity index (χ4n) is 7.20. The van der Waals surface area contributed by atoms with Crippen molar-refractivity contribution in [2.45, 2.75) is 12.0 Å². The van der Waals surface area contributed by atoms with Gasteiger partial charge >= 0.3 is 17.9 Å². The first-order chi connectivity index (χ1) is 30.5. The topological polar surface area (TPSA) is 189 Å². The van der Waals surface area contributed by atoms with Gasteiger partial charge in [-0.2, -0.15) is 15.5 Å². The summed E-state index contributed by atoms with van der Waals surface area (Å²) in [6.45, 7) is 0.103. The van der Waals surface area contributed by atoms with Crippen molar-refractivity contribution in [2.75, 3.05) is 32.1 Å². The number of phenols is 1. The molecule has 1 amide bonds. The standard InChI is InChI=1S/C49H37N5O9/c1-54(2)35-18-16-34(17-19-35)53-52-33-14-12-30(13-15-33)45(56)51-24-7-25-60-46(57)32(29-50)26-31-8-3-4-9-38(31)47(58)61-37-21-23-42-44(28-37)62-43-27-36(55)20-22-41(43)49(42)40-11-6-5-10-39(40)48(59)63-49/h3-6,8-23,26-28,55H,7,24-25H2,1-2H3,(H,51,56)/b32-26+,53-52?. The molecule has 2 aliphatic rings. The van der Waals surface area contributed by atoms with Crippen molar-refractivity contribution in [3.05, 3.63) is 178 Å². The molecule has 0 saturated heterocycles. The summed E-state index contributed by atoms with van der Waals surface area (Å²) in [4.78, 5) is 54.4. The molecule has 14 heteroatoms. The van der Waals surface area contributed by atoms with E-state index in [0.29, 0.717) is 39.2 Å². The molecule has 1 spiro atoms. The highest BCUT2D eigenvalue weighted by Gasteiger charge is 2.53. The summed E-state index contributed by atoms with van der Waals surface area (Å²) in [6.07, 6.45) is 1.51. The zero-order valence-corrected chi connectivity index (χ0v) is 33.9. The van der Waals surface area contributed by atoms with E-state index in [2.05, 4.69) is 15.5 Å². The second kappa shape index (κ2) is 17.6. The highest BCUT2D eigenvalue weighted by molar-refractivity contribution is 6.01. The van der Waals surface area contributed by atoms with E-state index in [1.165, 1.54) is 36.4 Å². The van der Waals surface area contributed by atoms with Gasteiger partial charge in [-0.1, -0.05) is 36.4 Å². The summed E-state index contributed by atoms with van der Waals surface area (Å²) >= 11 is 0. The third-order valence-electron chi connectivity index (χ3n) is 10.3. The molecule has 0 aliphatic carbocycles. The number of esters is 3. The van der Waals surface area contributed by atoms with E-state index < -0.39 is 23.5 Å². The number of aromatic hydroxyl groups is 1. The van der Waals surface area contributed by atoms with Gasteiger partial charge in [-0.15, -0.1) is 0 Å². The Morgan fingerprint density at radius 2 is 1.49 bits per heavy atom. The van der Waals surface area contributed by atoms with Crippen LogP contribution in [-0.2, 0) is 19.9 Å². The summed E-state index contributed by atoms with van der Waals surface area (Å²) < 4.78 is 23.4. The molecule has 6 aromatic rings. The predicted molar refractivity (Wildman–Crippen MR) is 231 cm³/mol. The number of anilines is 1. The average molecular weight is 840 g/mol. The second-order valence-electron chi connectivity index (χ2n) is 14.6. The summed E-state index contributed by atoms with van der Waals surface area (Å²) in [5, 5.41) is 31.4. The SMILES string of the molecule is CN(C)c1ccc(N=Nc2ccc(C(=O)NCCCOC(=O)/C(C#N)=C/c3ccccc3C(=O)Oc3ccc4c(c3)Oc3cc(O)ccc3C43OC(=O)c4ccccc43)cc2)cc1. The number of carbonyl (C=O) groups excluding carboxylic acids is 4. The summed E-state index contributed by atoms with van der Waals surface area (Å²) in [6, 6.07) is 38.6. The minimum atomic E-state index is -1.39. The maximum absolute atomic E-state index is 13.6. The first-order valence-corrected chi connectivity index (χ1v) is 19.7. The van der Waals surface area contributed by atoms with E-state index in [-0.39, 0.29) is 65.2 Å². The molecule has 63 heavy (non-hydrogen) atoms. The predicted octanol–water partition coefficient (Wildman–Crippen LogP) is 8.93. The first kappa shape index (κ1) is 41.2. The quantitative estimate of drug-likeness (QED) is 0.0299. The third kappa shape index (κ3) is 8.44. The molecule has 0 aromatic heterocycles. The van der Waals surface area contributed by atoms with Crippen LogP contribution in [0, 0.1) is 11.3 Å². The Kier molecular flexibility index (Phi) is 11.5. The van der Waals surface area contributed by atoms with Crippen molar-refractivity contribution in [1.29, 1.82) is 5.26 Å². The molecule has 0 fully saturated rings. The van der Waals surface area contributed by atoms with Crippen LogP contribution in [0.1, 0.15) is 59.7 Å². The summed E-state index contributed by atoms with van der Waals surface area (Å²) in [5.41, 5.74) is 3.24. The highest BCUT2D eigenvalue weighted by atomic mass is 16.6. The van der Waals surface area contributed by atoms with Gasteiger partial charge in [-0.25, -0.2) is 14.4 Å². The van der Waals surface area contributed by atoms with Crippen LogP contribution in [0.2, 0.25) is 0 Å². The largest absolute Gasteiger partial charge is 0.508 e. The smallest absolute Gasteiger partial charge is 0.348 e. The van der Waals surface area contributed by atoms with Crippen molar-refractivity contribution in [3.63, 3.8) is 0 Å². The lowest BCUT2D eigenvalue weighted by Crippen LogP contribution is -2.33. The van der Waals surface area contributed by atoms with E-state index in [4.69, 9.17) is 18.9 Å². The molecule has 0 bridgehead atoms. The number of azo groups is 1. The van der Waals surface area contributed by atoms with Crippen molar-refractivity contribution in [2.24, 2.45) is 10.2 Å². The molecule has 1 atom stereocenters. The van der Waals surface area contributed by atoms with E-state index in [0.717, 1.165) is 5.69 Å². The van der Waals surface area contributed by atoms with Crippen molar-refractivity contribution in [1.82, 2.24) is 5.32 Å². The van der Waals surface area contributed by atoms with Crippen molar-refractivity contribution >= 4 is 47.0 Å². The van der Waals surface area contributed by atoms with Gasteiger partial charge in [0.25, 0.3) is 5.91 Å². The van der Waals surface area contributed by atoms with Crippen LogP contribution in [0.15, 0.2) is 149 Å². The number of phenolic OH excluding ortho intramolecular Hbond substituents is 1. The number of hydrogen-bond donors (Lipinski definition) is 2. The zero-order chi connectivity index (χ0) is 44.1. The number of nitrogens with one attached hydrogen (secondary N) is 1. The van der Waals surface area contributed by atoms with Gasteiger partial charge in [0.15, 0.2) is 5.60 Å². The van der Waals surface area contributed by atoms with E-state index in [1.807, 2.05) is 49.3 Å². The summed E-state index contributed by atoms with van der Waals surface area (Å²) in [7, 11) is 3.91. The van der Waals surface area contributed by atoms with Crippen LogP contribution in [0.3, 0.4) is 0 Å². The Hall–Kier alpha value is -8.57. The van der Waals surface area contributed by atoms with Crippen LogP contribution in [0.4, 0.5) is 17.1 Å². The monoisotopic (exact) mass is 839 g/mol. The summed E-state index contributed by atoms with van der Waals surface area (Å²) in [5.74, 6) is -2.07. The molecule has 6 aromatic carbocycles. The third-order valence-corrected chi connectivity index (χ3v) is 10.3. The minimum absolute atomic E-state index is 0.0517. The lowest BCUT2D eigenvalue weighted by Gasteiger charge is -2.36. The van der Waals surface area contributed by atoms with Crippen LogP contribution >= 0.6 is 0 Å². The van der Waals surface area contributed by atoms with Gasteiger partial charge in [0.1, 0.15) is 34.6 Å². The van der Waals surface area contributed by atoms with Crippen molar-refractivity contribution in [3.8, 4) is 29.1 Å². The zero-order valence-electron chi connectivity index (χ0n) is 33.9. The Morgan fingerprint density at radius 3 is 2.22 bits per heavy atom. The number of benzene rings is 6. The van der Waals surface area contributed by atoms with E-state index in [9.17, 15) is 29.5 Å². The molecule has 312 valence electrons. The maximum atomic E-state index is 13.6. The molecule has 8 rings (SSSR count). The lowest BCUT2D eigenvalue weighted by atomic mass is 9.77. The van der Waals surface area contributed by atoms with Crippen molar-refractivity contribution < 1.29 is 43.2 Å². The number of nitrogens with zero attached hydrogens (tertiary/aromatic N) is 4. The van der Waals surface area contributed by atoms with E-state index in [1.54, 1.807) is 78.9 Å². The van der Waals surface area contributed by atoms with Gasteiger partial charge in [-0.05, 0) is 103 Å². The molecular formula is C49H37N5O9. The Labute approximate surface area is 361 Å². The average Bonchev–Trinajstić information content (AvgIpc) is 3.59. The number of rotatable bonds is 12. The fourth-order valence-corrected chi connectivity index (χ4v) is 7.20. The van der Waals surface area contributed by atoms with Crippen LogP contribution in [0.25, 0.3) is 6.08 Å². The Bertz CT molecular complexity index is 2880. The molecule has 2 aliphatic heterocycles. The number of carbonyl (C=O) groups is 4. The lowest BCUT2D eigenvalue weighted by molar-refractivity contribution is -0.138. The molecule has 0 saturated carbocycles. The highest BCUT2D eigenvalue weighted by Crippen LogP contribution is 2.57. The minimum Gasteiger partial charge on any atom is -0.508 e. The van der Waals surface area contributed by atoms with Gasteiger partial charge in [0.2, 0.25) is 0 Å². The van der Waals surface area contributed by atoms with Gasteiger partial charge in [0.05, 0.1) is 29.1 Å². The number of fused-ring (bicyclic) bond motifs is 6. The second-order valence-corrected chi connectivity index (χ2v) is 14.6. The molecule has 2 heterocycles. The van der Waals surface area contributed by atoms with Crippen LogP contribution < -0.4 is 19.7 Å². The number of nitriles is 1. The Morgan fingerprint density at radius 1 is 0.825 bits per heavy atom. The fraction of sp³-hybridized carbons (Fsp3) is 0.122. The van der Waals surface area contributed by atoms with Crippen LogP contribution in [0.5, 0.6) is 23.0 Å². The van der Waals surface area contributed by atoms with E-state index >= 15 is 0 Å². The van der Waals surface area contributed by atoms with Crippen LogP contribution in [-0.4, -0.2) is 56.2 Å². The Balaban J connectivity index is 0.878. The van der Waals surface area contributed by atoms with Gasteiger partial charge in [-0.3, -0.25) is 4.79 Å². The molecule has 1 unspecified atom stereocenters. The maximum Gasteiger partial charge on any atom is 0.348 e. The normalized spacial score (nSPS) is 14.7.